The molecule has 3 aliphatic rings. The van der Waals surface area contributed by atoms with E-state index >= 15 is 8.78 Å². The minimum absolute atomic E-state index is 0.0246. The van der Waals surface area contributed by atoms with Gasteiger partial charge in [-0.25, -0.2) is 18.4 Å². The summed E-state index contributed by atoms with van der Waals surface area (Å²) in [5, 5.41) is 12.7. The van der Waals surface area contributed by atoms with E-state index in [9.17, 15) is 19.2 Å². The first-order chi connectivity index (χ1) is 29.3. The van der Waals surface area contributed by atoms with E-state index in [4.69, 9.17) is 14.5 Å². The van der Waals surface area contributed by atoms with Gasteiger partial charge in [0.25, 0.3) is 11.8 Å². The number of hydrogen-bond acceptors (Lipinski definition) is 10. The number of anilines is 1. The van der Waals surface area contributed by atoms with Crippen LogP contribution in [0.1, 0.15) is 82.5 Å². The van der Waals surface area contributed by atoms with Gasteiger partial charge in [0, 0.05) is 69.1 Å². The molecule has 15 nitrogen and oxygen atoms in total. The number of carbonyl (C=O) groups excluding carboxylic acids is 4. The molecule has 3 aromatic heterocycles. The molecule has 8 rings (SSSR count). The molecule has 0 saturated carbocycles. The number of likely N-dealkylation sites (tertiary alicyclic amines) is 1. The fraction of sp³-hybridized carbons (Fsp3) is 0.432. The van der Waals surface area contributed by atoms with E-state index in [0.717, 1.165) is 12.8 Å². The Hall–Kier alpha value is -6.07. The van der Waals surface area contributed by atoms with Crippen LogP contribution < -0.4 is 20.7 Å². The number of pyridine rings is 1. The van der Waals surface area contributed by atoms with Crippen molar-refractivity contribution >= 4 is 40.6 Å². The highest BCUT2D eigenvalue weighted by atomic mass is 19.1. The number of methoxy groups -OCH3 is 1. The van der Waals surface area contributed by atoms with Crippen molar-refractivity contribution < 1.29 is 37.4 Å². The van der Waals surface area contributed by atoms with Crippen LogP contribution in [-0.4, -0.2) is 98.3 Å². The summed E-state index contributed by atoms with van der Waals surface area (Å²) in [7, 11) is 3.40. The average molecular weight is 838 g/mol. The van der Waals surface area contributed by atoms with Crippen molar-refractivity contribution in [2.24, 2.45) is 13.0 Å². The van der Waals surface area contributed by atoms with Gasteiger partial charge in [-0.2, -0.15) is 5.10 Å². The lowest BCUT2D eigenvalue weighted by Crippen LogP contribution is -2.55. The van der Waals surface area contributed by atoms with Crippen molar-refractivity contribution in [3.05, 3.63) is 88.2 Å². The second-order valence-electron chi connectivity index (χ2n) is 16.3. The Morgan fingerprint density at radius 1 is 1.02 bits per heavy atom. The Kier molecular flexibility index (Phi) is 11.9. The van der Waals surface area contributed by atoms with E-state index in [0.29, 0.717) is 102 Å². The van der Waals surface area contributed by atoms with Gasteiger partial charge in [-0.1, -0.05) is 6.92 Å². The van der Waals surface area contributed by atoms with E-state index in [1.807, 2.05) is 18.5 Å². The Morgan fingerprint density at radius 2 is 1.82 bits per heavy atom. The fourth-order valence-electron chi connectivity index (χ4n) is 8.64. The quantitative estimate of drug-likeness (QED) is 0.188. The number of benzene rings is 2. The number of piperidine rings is 2. The molecule has 6 heterocycles. The van der Waals surface area contributed by atoms with Crippen molar-refractivity contribution in [1.29, 1.82) is 0 Å². The zero-order valence-corrected chi connectivity index (χ0v) is 34.6. The van der Waals surface area contributed by atoms with Crippen LogP contribution in [0.2, 0.25) is 0 Å². The number of rotatable bonds is 7. The van der Waals surface area contributed by atoms with Gasteiger partial charge in [-0.05, 0) is 93.0 Å². The molecule has 0 spiro atoms. The van der Waals surface area contributed by atoms with Crippen LogP contribution in [0.4, 0.5) is 14.7 Å². The van der Waals surface area contributed by atoms with E-state index in [1.165, 1.54) is 12.1 Å². The molecular weight excluding hydrogens is 789 g/mol. The van der Waals surface area contributed by atoms with Crippen LogP contribution in [0.3, 0.4) is 0 Å². The maximum Gasteiger partial charge on any atom is 0.258 e. The number of nitrogens with one attached hydrogen (secondary N) is 3. The van der Waals surface area contributed by atoms with Crippen LogP contribution in [0, 0.1) is 24.5 Å². The Balaban J connectivity index is 0.952. The zero-order valence-electron chi connectivity index (χ0n) is 34.6. The normalized spacial score (nSPS) is 21.4. The molecule has 0 aliphatic carbocycles. The van der Waals surface area contributed by atoms with Crippen LogP contribution in [-0.2, 0) is 34.3 Å². The molecule has 2 fully saturated rings. The van der Waals surface area contributed by atoms with Crippen molar-refractivity contribution in [3.63, 3.8) is 0 Å². The number of nitrogens with zero attached hydrogens (tertiary/aromatic N) is 6. The van der Waals surface area contributed by atoms with E-state index in [-0.39, 0.29) is 48.3 Å². The van der Waals surface area contributed by atoms with Crippen LogP contribution in [0.5, 0.6) is 5.88 Å². The summed E-state index contributed by atoms with van der Waals surface area (Å²) in [6, 6.07) is 11.0. The number of aryl methyl sites for hydroxylation is 2. The number of amides is 4. The highest BCUT2D eigenvalue weighted by Crippen LogP contribution is 2.32. The average Bonchev–Trinajstić information content (AvgIpc) is 3.76. The van der Waals surface area contributed by atoms with Crippen molar-refractivity contribution in [2.75, 3.05) is 38.7 Å². The summed E-state index contributed by atoms with van der Waals surface area (Å²) in [4.78, 5) is 63.1. The number of halogens is 2. The van der Waals surface area contributed by atoms with Crippen molar-refractivity contribution in [2.45, 2.75) is 77.0 Å². The second kappa shape index (κ2) is 17.5. The monoisotopic (exact) mass is 837 g/mol. The lowest BCUT2D eigenvalue weighted by molar-refractivity contribution is -0.134. The predicted molar refractivity (Wildman–Crippen MR) is 221 cm³/mol. The molecule has 0 unspecified atom stereocenters. The number of imide groups is 1. The first-order valence-electron chi connectivity index (χ1n) is 20.7. The first-order valence-corrected chi connectivity index (χ1v) is 20.7. The van der Waals surface area contributed by atoms with Crippen molar-refractivity contribution in [1.82, 2.24) is 39.8 Å². The molecule has 4 atom stereocenters. The minimum Gasteiger partial charge on any atom is -0.477 e. The van der Waals surface area contributed by atoms with Gasteiger partial charge in [-0.3, -0.25) is 34.8 Å². The van der Waals surface area contributed by atoms with Gasteiger partial charge in [0.1, 0.15) is 11.6 Å². The lowest BCUT2D eigenvalue weighted by atomic mass is 9.89. The molecule has 2 bridgehead atoms. The Morgan fingerprint density at radius 3 is 2.59 bits per heavy atom. The van der Waals surface area contributed by atoms with Crippen LogP contribution >= 0.6 is 0 Å². The number of carbonyl (C=O) groups is 4. The Bertz CT molecular complexity index is 2500. The predicted octanol–water partition coefficient (Wildman–Crippen LogP) is 5.06. The topological polar surface area (TPSA) is 175 Å². The van der Waals surface area contributed by atoms with E-state index < -0.39 is 29.4 Å². The number of fused-ring (bicyclic) bond motifs is 7. The van der Waals surface area contributed by atoms with Crippen LogP contribution in [0.25, 0.3) is 22.3 Å². The van der Waals surface area contributed by atoms with E-state index in [2.05, 4.69) is 37.9 Å². The number of imidazole rings is 1. The second-order valence-corrected chi connectivity index (χ2v) is 16.3. The van der Waals surface area contributed by atoms with Gasteiger partial charge in [0.15, 0.2) is 0 Å². The van der Waals surface area contributed by atoms with Gasteiger partial charge in [0.05, 0.1) is 53.2 Å². The number of aromatic nitrogens is 5. The molecule has 320 valence electrons. The lowest BCUT2D eigenvalue weighted by Gasteiger charge is -2.38. The third-order valence-electron chi connectivity index (χ3n) is 11.9. The van der Waals surface area contributed by atoms with E-state index in [1.54, 1.807) is 48.3 Å². The molecule has 3 N–H and O–H groups in total. The molecular formula is C44H49F2N9O6. The Labute approximate surface area is 351 Å². The molecule has 2 saturated heterocycles. The SMILES string of the molecule is CO[C@@H]1CN(CCc2cc(F)c([C@H]3CCC(=O)NC3=O)c(F)c2)CC[C@@H]1NC(=O)c1ccc2nc3n(c2c1)C[C@H](C)CCCOc1c(cnn1C)-c1cc(cc(C)n1)C(=O)N3. The molecule has 17 heteroatoms. The molecule has 0 radical (unpaired) electrons. The van der Waals surface area contributed by atoms with Gasteiger partial charge in [-0.15, -0.1) is 0 Å². The molecule has 61 heavy (non-hydrogen) atoms. The highest BCUT2D eigenvalue weighted by Gasteiger charge is 2.34. The summed E-state index contributed by atoms with van der Waals surface area (Å²) in [6.07, 6.45) is 3.96. The summed E-state index contributed by atoms with van der Waals surface area (Å²) in [6.45, 7) is 6.56. The fourth-order valence-corrected chi connectivity index (χ4v) is 8.64. The highest BCUT2D eigenvalue weighted by molar-refractivity contribution is 6.05. The first kappa shape index (κ1) is 41.7. The summed E-state index contributed by atoms with van der Waals surface area (Å²) in [5.41, 5.74) is 4.24. The third kappa shape index (κ3) is 8.89. The minimum atomic E-state index is -1.05. The maximum absolute atomic E-state index is 15.2. The van der Waals surface area contributed by atoms with Gasteiger partial charge >= 0.3 is 0 Å². The smallest absolute Gasteiger partial charge is 0.258 e. The molecule has 2 aromatic carbocycles. The van der Waals surface area contributed by atoms with Gasteiger partial charge in [0.2, 0.25) is 23.6 Å². The molecule has 4 amide bonds. The summed E-state index contributed by atoms with van der Waals surface area (Å²) in [5.74, 6) is -3.31. The third-order valence-corrected chi connectivity index (χ3v) is 11.9. The van der Waals surface area contributed by atoms with Gasteiger partial charge < -0.3 is 24.3 Å². The molecule has 3 aliphatic heterocycles. The van der Waals surface area contributed by atoms with Crippen LogP contribution in [0.15, 0.2) is 48.7 Å². The standard InChI is InChI=1S/C44H49F2N9O6/c1-24-6-5-15-61-43-30(21-47-53(43)3)35-19-28(16-25(2)48-35)41(58)52-44-50-33-9-7-27(20-36(33)55(44)22-24)40(57)49-34-12-14-54(23-37(34)60-4)13-11-26-17-31(45)39(32(46)18-26)29-8-10-38(56)51-42(29)59/h7,9,16-21,24,29,34,37H,5-6,8,10-15,22-23H2,1-4H3,(H,49,57)(H,50,52,58)(H,51,56,59)/t24-,29-,34+,37-/m1/s1. The van der Waals surface area contributed by atoms with Crippen molar-refractivity contribution in [3.8, 4) is 17.1 Å². The zero-order chi connectivity index (χ0) is 42.9. The maximum atomic E-state index is 15.2. The summed E-state index contributed by atoms with van der Waals surface area (Å²) < 4.78 is 46.0. The number of hydrogen-bond donors (Lipinski definition) is 3. The largest absolute Gasteiger partial charge is 0.477 e. The summed E-state index contributed by atoms with van der Waals surface area (Å²) >= 11 is 0. The number of ether oxygens (including phenoxy) is 2. The molecule has 5 aromatic rings.